The van der Waals surface area contributed by atoms with Gasteiger partial charge in [-0.3, -0.25) is 9.36 Å². The smallest absolute Gasteiger partial charge is 0.348 e. The van der Waals surface area contributed by atoms with Crippen LogP contribution in [0.15, 0.2) is 36.9 Å². The summed E-state index contributed by atoms with van der Waals surface area (Å²) in [6.45, 7) is 4.09. The fourth-order valence-corrected chi connectivity index (χ4v) is 5.68. The van der Waals surface area contributed by atoms with Gasteiger partial charge in [-0.05, 0) is 53.7 Å². The van der Waals surface area contributed by atoms with Crippen LogP contribution < -0.4 is 5.09 Å². The number of hydrogen-bond donors (Lipinski definition) is 1. The number of fused-ring (bicyclic) bond motifs is 1. The van der Waals surface area contributed by atoms with Crippen molar-refractivity contribution in [3.8, 4) is 0 Å². The Bertz CT molecular complexity index is 913. The molecule has 1 aromatic carbocycles. The zero-order valence-corrected chi connectivity index (χ0v) is 18.2. The summed E-state index contributed by atoms with van der Waals surface area (Å²) in [4.78, 5) is 24.3. The Hall–Kier alpha value is -1.66. The van der Waals surface area contributed by atoms with Gasteiger partial charge in [-0.15, -0.1) is 11.3 Å². The predicted molar refractivity (Wildman–Crippen MR) is 113 cm³/mol. The van der Waals surface area contributed by atoms with Gasteiger partial charge in [-0.25, -0.2) is 9.88 Å². The zero-order valence-electron chi connectivity index (χ0n) is 15.8. The normalized spacial score (nSPS) is 14.2. The molecule has 0 aliphatic carbocycles. The van der Waals surface area contributed by atoms with E-state index < -0.39 is 24.6 Å². The van der Waals surface area contributed by atoms with Crippen LogP contribution >= 0.6 is 29.2 Å². The van der Waals surface area contributed by atoms with E-state index in [2.05, 4.69) is 11.7 Å². The maximum atomic E-state index is 12.7. The maximum Gasteiger partial charge on any atom is 0.348 e. The van der Waals surface area contributed by atoms with Crippen molar-refractivity contribution in [1.82, 2.24) is 5.09 Å². The minimum atomic E-state index is -3.34. The first-order chi connectivity index (χ1) is 13.3. The summed E-state index contributed by atoms with van der Waals surface area (Å²) < 4.78 is 23.7. The molecule has 1 heterocycles. The lowest BCUT2D eigenvalue weighted by molar-refractivity contribution is -0.145. The number of ether oxygens (including phenoxy) is 2. The van der Waals surface area contributed by atoms with E-state index in [0.29, 0.717) is 17.9 Å². The molecule has 0 saturated carbocycles. The third-order valence-corrected chi connectivity index (χ3v) is 6.98. The van der Waals surface area contributed by atoms with E-state index in [9.17, 15) is 14.2 Å². The van der Waals surface area contributed by atoms with Crippen molar-refractivity contribution < 1.29 is 23.6 Å². The van der Waals surface area contributed by atoms with Gasteiger partial charge >= 0.3 is 11.9 Å². The molecule has 0 amide bonds. The molecule has 0 aliphatic heterocycles. The van der Waals surface area contributed by atoms with E-state index in [1.807, 2.05) is 19.1 Å². The Labute approximate surface area is 173 Å². The molecule has 2 rings (SSSR count). The molecule has 9 heteroatoms. The molecule has 1 aromatic heterocycles. The Kier molecular flexibility index (Phi) is 8.25. The Morgan fingerprint density at radius 1 is 1.36 bits per heavy atom. The molecule has 0 radical (unpaired) electrons. The van der Waals surface area contributed by atoms with Gasteiger partial charge in [0.2, 0.25) is 6.65 Å². The fraction of sp³-hybridized carbons (Fsp3) is 0.368. The third kappa shape index (κ3) is 6.45. The second-order valence-corrected chi connectivity index (χ2v) is 10.8. The van der Waals surface area contributed by atoms with Crippen molar-refractivity contribution in [2.45, 2.75) is 32.5 Å². The number of thiophene rings is 1. The largest absolute Gasteiger partial charge is 0.465 e. The molecule has 0 bridgehead atoms. The van der Waals surface area contributed by atoms with E-state index in [1.54, 1.807) is 19.1 Å². The van der Waals surface area contributed by atoms with Crippen molar-refractivity contribution in [1.29, 1.82) is 0 Å². The van der Waals surface area contributed by atoms with Gasteiger partial charge in [0.1, 0.15) is 17.5 Å². The zero-order chi connectivity index (χ0) is 20.7. The van der Waals surface area contributed by atoms with E-state index >= 15 is 0 Å². The summed E-state index contributed by atoms with van der Waals surface area (Å²) >= 11 is 7.48. The van der Waals surface area contributed by atoms with Gasteiger partial charge in [0.25, 0.3) is 0 Å². The SMILES string of the molecule is C=CCOC(=O)c1cc2cc(CP(=O)(Cl)N[C@@H](C)C(=O)OCCC)ccc2s1. The highest BCUT2D eigenvalue weighted by molar-refractivity contribution is 7.87. The molecule has 1 N–H and O–H groups in total. The highest BCUT2D eigenvalue weighted by Gasteiger charge is 2.26. The Morgan fingerprint density at radius 3 is 2.79 bits per heavy atom. The van der Waals surface area contributed by atoms with Crippen LogP contribution in [0.5, 0.6) is 0 Å². The van der Waals surface area contributed by atoms with Gasteiger partial charge in [-0.2, -0.15) is 0 Å². The number of halogens is 1. The average molecular weight is 444 g/mol. The second-order valence-electron chi connectivity index (χ2n) is 6.20. The lowest BCUT2D eigenvalue weighted by atomic mass is 10.2. The number of benzene rings is 1. The van der Waals surface area contributed by atoms with Crippen LogP contribution in [-0.2, 0) is 25.0 Å². The highest BCUT2D eigenvalue weighted by Crippen LogP contribution is 2.51. The van der Waals surface area contributed by atoms with E-state index in [-0.39, 0.29) is 12.8 Å². The molecule has 0 fully saturated rings. The minimum Gasteiger partial charge on any atom is -0.465 e. The quantitative estimate of drug-likeness (QED) is 0.312. The Morgan fingerprint density at radius 2 is 2.11 bits per heavy atom. The van der Waals surface area contributed by atoms with Crippen molar-refractivity contribution in [3.63, 3.8) is 0 Å². The molecule has 28 heavy (non-hydrogen) atoms. The molecule has 152 valence electrons. The van der Waals surface area contributed by atoms with E-state index in [1.165, 1.54) is 17.4 Å². The molecule has 0 saturated heterocycles. The van der Waals surface area contributed by atoms with E-state index in [4.69, 9.17) is 20.7 Å². The van der Waals surface area contributed by atoms with Crippen LogP contribution in [0.1, 0.15) is 35.5 Å². The van der Waals surface area contributed by atoms with Crippen LogP contribution in [0.25, 0.3) is 10.1 Å². The lowest BCUT2D eigenvalue weighted by Crippen LogP contribution is -2.32. The summed E-state index contributed by atoms with van der Waals surface area (Å²) in [7, 11) is 0. The first-order valence-corrected chi connectivity index (χ1v) is 12.4. The maximum absolute atomic E-state index is 12.7. The molecule has 1 unspecified atom stereocenters. The van der Waals surface area contributed by atoms with Gasteiger partial charge in [0.15, 0.2) is 0 Å². The van der Waals surface area contributed by atoms with E-state index in [0.717, 1.165) is 15.6 Å². The van der Waals surface area contributed by atoms with Gasteiger partial charge in [0.05, 0.1) is 12.8 Å². The van der Waals surface area contributed by atoms with Crippen molar-refractivity contribution >= 4 is 51.2 Å². The first kappa shape index (κ1) is 22.6. The predicted octanol–water partition coefficient (Wildman–Crippen LogP) is 5.11. The van der Waals surface area contributed by atoms with Crippen LogP contribution in [0.3, 0.4) is 0 Å². The van der Waals surface area contributed by atoms with Gasteiger partial charge in [0, 0.05) is 4.70 Å². The number of carbonyl (C=O) groups excluding carboxylic acids is 2. The lowest BCUT2D eigenvalue weighted by Gasteiger charge is -2.17. The molecular weight excluding hydrogens is 421 g/mol. The summed E-state index contributed by atoms with van der Waals surface area (Å²) in [5.41, 5.74) is 0.733. The summed E-state index contributed by atoms with van der Waals surface area (Å²) in [6, 6.07) is 6.43. The van der Waals surface area contributed by atoms with Crippen LogP contribution in [0.4, 0.5) is 0 Å². The molecule has 6 nitrogen and oxygen atoms in total. The number of rotatable bonds is 10. The molecule has 0 aliphatic rings. The summed E-state index contributed by atoms with van der Waals surface area (Å²) in [6.07, 6.45) is 2.27. The van der Waals surface area contributed by atoms with Crippen molar-refractivity contribution in [3.05, 3.63) is 47.4 Å². The standard InChI is InChI=1S/C19H23ClNO5PS/c1-4-8-25-18(22)13(3)21-27(20,24)12-14-6-7-16-15(10-14)11-17(28-16)19(23)26-9-5-2/h5-7,10-11,13H,2,4,8-9,12H2,1,3H3,(H,21,24)/t13-,27?/m0/s1. The minimum absolute atomic E-state index is 0.0575. The number of esters is 2. The molecule has 2 aromatic rings. The summed E-state index contributed by atoms with van der Waals surface area (Å²) in [5, 5.41) is 3.51. The van der Waals surface area contributed by atoms with Crippen LogP contribution in [0.2, 0.25) is 0 Å². The molecule has 0 spiro atoms. The second kappa shape index (κ2) is 10.2. The van der Waals surface area contributed by atoms with Crippen LogP contribution in [0, 0.1) is 0 Å². The Balaban J connectivity index is 2.08. The average Bonchev–Trinajstić information content (AvgIpc) is 3.06. The first-order valence-electron chi connectivity index (χ1n) is 8.79. The fourth-order valence-electron chi connectivity index (χ4n) is 2.45. The number of hydrogen-bond acceptors (Lipinski definition) is 6. The molecule has 2 atom stereocenters. The number of carbonyl (C=O) groups is 2. The van der Waals surface area contributed by atoms with Gasteiger partial charge in [-0.1, -0.05) is 25.6 Å². The summed E-state index contributed by atoms with van der Waals surface area (Å²) in [5.74, 6) is -0.898. The van der Waals surface area contributed by atoms with Gasteiger partial charge < -0.3 is 9.47 Å². The monoisotopic (exact) mass is 443 g/mol. The van der Waals surface area contributed by atoms with Crippen molar-refractivity contribution in [2.75, 3.05) is 13.2 Å². The topological polar surface area (TPSA) is 81.7 Å². The third-order valence-electron chi connectivity index (χ3n) is 3.69. The number of nitrogens with one attached hydrogen (secondary N) is 1. The highest BCUT2D eigenvalue weighted by atomic mass is 35.7. The van der Waals surface area contributed by atoms with Crippen molar-refractivity contribution in [2.24, 2.45) is 0 Å². The molecular formula is C19H23ClNO5PS. The van der Waals surface area contributed by atoms with Crippen LogP contribution in [-0.4, -0.2) is 31.2 Å².